The fourth-order valence-corrected chi connectivity index (χ4v) is 4.38. The maximum Gasteiger partial charge on any atom is 0.325 e. The van der Waals surface area contributed by atoms with Crippen molar-refractivity contribution in [2.45, 2.75) is 12.5 Å². The molecule has 7 nitrogen and oxygen atoms in total. The molecular formula is C17H13BrN2O5S. The number of halogens is 1. The van der Waals surface area contributed by atoms with E-state index >= 15 is 0 Å². The zero-order valence-corrected chi connectivity index (χ0v) is 16.0. The summed E-state index contributed by atoms with van der Waals surface area (Å²) in [7, 11) is 0. The molecule has 1 unspecified atom stereocenters. The Balaban J connectivity index is 1.55. The molecule has 4 rings (SSSR count). The highest BCUT2D eigenvalue weighted by Gasteiger charge is 2.50. The molecule has 1 aromatic heterocycles. The van der Waals surface area contributed by atoms with E-state index in [2.05, 4.69) is 21.2 Å². The number of benzene rings is 1. The largest absolute Gasteiger partial charge is 0.454 e. The zero-order chi connectivity index (χ0) is 18.5. The van der Waals surface area contributed by atoms with Gasteiger partial charge in [0.05, 0.1) is 10.3 Å². The molecule has 0 saturated carbocycles. The van der Waals surface area contributed by atoms with Crippen molar-refractivity contribution in [2.24, 2.45) is 0 Å². The van der Waals surface area contributed by atoms with Gasteiger partial charge >= 0.3 is 6.03 Å². The predicted octanol–water partition coefficient (Wildman–Crippen LogP) is 2.89. The molecule has 2 aliphatic heterocycles. The summed E-state index contributed by atoms with van der Waals surface area (Å²) in [4.78, 5) is 39.4. The minimum atomic E-state index is -1.18. The lowest BCUT2D eigenvalue weighted by Gasteiger charge is -2.19. The summed E-state index contributed by atoms with van der Waals surface area (Å²) in [5, 5.41) is 2.69. The Morgan fingerprint density at radius 2 is 2.04 bits per heavy atom. The second-order valence-corrected chi connectivity index (χ2v) is 8.50. The Morgan fingerprint density at radius 1 is 1.27 bits per heavy atom. The number of hydrogen-bond acceptors (Lipinski definition) is 6. The summed E-state index contributed by atoms with van der Waals surface area (Å²) in [5.41, 5.74) is -0.828. The van der Waals surface area contributed by atoms with Gasteiger partial charge in [0.2, 0.25) is 6.79 Å². The first-order valence-corrected chi connectivity index (χ1v) is 9.32. The van der Waals surface area contributed by atoms with Crippen molar-refractivity contribution in [3.8, 4) is 11.5 Å². The van der Waals surface area contributed by atoms with Crippen LogP contribution in [0.3, 0.4) is 0 Å². The molecule has 3 heterocycles. The molecule has 9 heteroatoms. The molecule has 1 fully saturated rings. The standard InChI is InChI=1S/C17H13BrN2O5S/c1-17(13-4-5-14(18)26-13)15(22)20(16(23)19-17)7-10(21)9-2-3-11-12(6-9)25-8-24-11/h2-6H,7-8H2,1H3,(H,19,23). The number of nitrogens with zero attached hydrogens (tertiary/aromatic N) is 1. The molecule has 0 radical (unpaired) electrons. The summed E-state index contributed by atoms with van der Waals surface area (Å²) < 4.78 is 11.3. The van der Waals surface area contributed by atoms with Gasteiger partial charge in [-0.2, -0.15) is 0 Å². The Labute approximate surface area is 161 Å². The van der Waals surface area contributed by atoms with Crippen LogP contribution in [-0.4, -0.2) is 36.0 Å². The van der Waals surface area contributed by atoms with E-state index < -0.39 is 17.5 Å². The van der Waals surface area contributed by atoms with Crippen molar-refractivity contribution in [3.05, 3.63) is 44.6 Å². The summed E-state index contributed by atoms with van der Waals surface area (Å²) >= 11 is 4.71. The quantitative estimate of drug-likeness (QED) is 0.588. The van der Waals surface area contributed by atoms with E-state index in [1.54, 1.807) is 31.2 Å². The highest BCUT2D eigenvalue weighted by atomic mass is 79.9. The Morgan fingerprint density at radius 3 is 2.77 bits per heavy atom. The van der Waals surface area contributed by atoms with Crippen LogP contribution in [0.1, 0.15) is 22.2 Å². The molecule has 1 atom stereocenters. The fraction of sp³-hybridized carbons (Fsp3) is 0.235. The topological polar surface area (TPSA) is 84.9 Å². The first kappa shape index (κ1) is 17.0. The Hall–Kier alpha value is -2.39. The average molecular weight is 437 g/mol. The second-order valence-electron chi connectivity index (χ2n) is 6.04. The minimum absolute atomic E-state index is 0.106. The van der Waals surface area contributed by atoms with Gasteiger partial charge in [0.15, 0.2) is 22.8 Å². The maximum atomic E-state index is 12.8. The van der Waals surface area contributed by atoms with Crippen LogP contribution >= 0.6 is 27.3 Å². The van der Waals surface area contributed by atoms with Gasteiger partial charge in [-0.3, -0.25) is 14.5 Å². The van der Waals surface area contributed by atoms with Crippen LogP contribution in [0.4, 0.5) is 4.79 Å². The number of urea groups is 1. The number of carbonyl (C=O) groups is 3. The lowest BCUT2D eigenvalue weighted by molar-refractivity contribution is -0.130. The van der Waals surface area contributed by atoms with Crippen molar-refractivity contribution in [3.63, 3.8) is 0 Å². The average Bonchev–Trinajstić information content (AvgIpc) is 3.30. The Kier molecular flexibility index (Phi) is 4.00. The molecule has 1 aromatic carbocycles. The molecule has 3 amide bonds. The lowest BCUT2D eigenvalue weighted by Crippen LogP contribution is -2.40. The molecule has 0 aliphatic carbocycles. The predicted molar refractivity (Wildman–Crippen MR) is 96.5 cm³/mol. The summed E-state index contributed by atoms with van der Waals surface area (Å²) in [6.07, 6.45) is 0. The van der Waals surface area contributed by atoms with Crippen LogP contribution in [0.15, 0.2) is 34.1 Å². The SMILES string of the molecule is CC1(c2ccc(Br)s2)NC(=O)N(CC(=O)c2ccc3c(c2)OCO3)C1=O. The van der Waals surface area contributed by atoms with Crippen LogP contribution in [0.2, 0.25) is 0 Å². The van der Waals surface area contributed by atoms with E-state index in [9.17, 15) is 14.4 Å². The molecular weight excluding hydrogens is 424 g/mol. The molecule has 2 aliphatic rings. The first-order chi connectivity index (χ1) is 12.4. The molecule has 2 aromatic rings. The highest BCUT2D eigenvalue weighted by molar-refractivity contribution is 9.11. The minimum Gasteiger partial charge on any atom is -0.454 e. The van der Waals surface area contributed by atoms with E-state index in [4.69, 9.17) is 9.47 Å². The monoisotopic (exact) mass is 436 g/mol. The van der Waals surface area contributed by atoms with Gasteiger partial charge in [-0.15, -0.1) is 11.3 Å². The summed E-state index contributed by atoms with van der Waals surface area (Å²) in [5.74, 6) is 0.225. The maximum absolute atomic E-state index is 12.8. The number of nitrogens with one attached hydrogen (secondary N) is 1. The van der Waals surface area contributed by atoms with Gasteiger partial charge in [0.25, 0.3) is 5.91 Å². The fourth-order valence-electron chi connectivity index (χ4n) is 2.90. The third kappa shape index (κ3) is 2.67. The van der Waals surface area contributed by atoms with Gasteiger partial charge in [-0.1, -0.05) is 0 Å². The number of fused-ring (bicyclic) bond motifs is 1. The summed E-state index contributed by atoms with van der Waals surface area (Å²) in [6, 6.07) is 7.77. The smallest absolute Gasteiger partial charge is 0.325 e. The molecule has 0 bridgehead atoms. The normalized spacial score (nSPS) is 21.2. The van der Waals surface area contributed by atoms with Crippen LogP contribution < -0.4 is 14.8 Å². The van der Waals surface area contributed by atoms with Crippen molar-refractivity contribution in [1.82, 2.24) is 10.2 Å². The van der Waals surface area contributed by atoms with Crippen molar-refractivity contribution in [1.29, 1.82) is 0 Å². The van der Waals surface area contributed by atoms with Crippen LogP contribution in [-0.2, 0) is 10.3 Å². The second kappa shape index (κ2) is 6.10. The van der Waals surface area contributed by atoms with Crippen molar-refractivity contribution < 1.29 is 23.9 Å². The number of imide groups is 1. The number of hydrogen-bond donors (Lipinski definition) is 1. The number of rotatable bonds is 4. The molecule has 134 valence electrons. The third-order valence-corrected chi connectivity index (χ3v) is 6.18. The van der Waals surface area contributed by atoms with E-state index in [-0.39, 0.29) is 19.1 Å². The number of ketones is 1. The van der Waals surface area contributed by atoms with E-state index in [1.165, 1.54) is 11.3 Å². The molecule has 26 heavy (non-hydrogen) atoms. The molecule has 1 N–H and O–H groups in total. The van der Waals surface area contributed by atoms with Gasteiger partial charge in [0.1, 0.15) is 0 Å². The van der Waals surface area contributed by atoms with Crippen molar-refractivity contribution in [2.75, 3.05) is 13.3 Å². The number of carbonyl (C=O) groups excluding carboxylic acids is 3. The van der Waals surface area contributed by atoms with Crippen LogP contribution in [0.25, 0.3) is 0 Å². The van der Waals surface area contributed by atoms with Gasteiger partial charge in [-0.05, 0) is 53.2 Å². The number of ether oxygens (including phenoxy) is 2. The van der Waals surface area contributed by atoms with Crippen LogP contribution in [0, 0.1) is 0 Å². The highest BCUT2D eigenvalue weighted by Crippen LogP contribution is 2.36. The summed E-state index contributed by atoms with van der Waals surface area (Å²) in [6.45, 7) is 1.40. The lowest BCUT2D eigenvalue weighted by atomic mass is 10.0. The van der Waals surface area contributed by atoms with Gasteiger partial charge < -0.3 is 14.8 Å². The van der Waals surface area contributed by atoms with Crippen LogP contribution in [0.5, 0.6) is 11.5 Å². The molecule has 0 spiro atoms. The van der Waals surface area contributed by atoms with Gasteiger partial charge in [-0.25, -0.2) is 4.79 Å². The van der Waals surface area contributed by atoms with Gasteiger partial charge in [0, 0.05) is 10.4 Å². The zero-order valence-electron chi connectivity index (χ0n) is 13.6. The van der Waals surface area contributed by atoms with E-state index in [0.29, 0.717) is 21.9 Å². The number of Topliss-reactive ketones (excluding diaryl/α,β-unsaturated/α-hetero) is 1. The van der Waals surface area contributed by atoms with E-state index in [0.717, 1.165) is 8.69 Å². The Bertz CT molecular complexity index is 943. The number of thiophene rings is 1. The molecule has 1 saturated heterocycles. The van der Waals surface area contributed by atoms with Crippen molar-refractivity contribution >= 4 is 45.0 Å². The van der Waals surface area contributed by atoms with E-state index in [1.807, 2.05) is 6.07 Å². The first-order valence-electron chi connectivity index (χ1n) is 7.71. The number of amides is 3. The third-order valence-electron chi connectivity index (χ3n) is 4.34.